The molecule has 0 radical (unpaired) electrons. The van der Waals surface area contributed by atoms with Crippen molar-refractivity contribution in [3.63, 3.8) is 0 Å². The molecule has 1 fully saturated rings. The average Bonchev–Trinajstić information content (AvgIpc) is 2.48. The number of ether oxygens (including phenoxy) is 1. The Bertz CT molecular complexity index is 172. The zero-order valence-corrected chi connectivity index (χ0v) is 9.34. The lowest BCUT2D eigenvalue weighted by molar-refractivity contribution is -0.120. The fourth-order valence-corrected chi connectivity index (χ4v) is 1.14. The second kappa shape index (κ2) is 11.0. The van der Waals surface area contributed by atoms with E-state index in [0.717, 1.165) is 25.8 Å². The summed E-state index contributed by atoms with van der Waals surface area (Å²) in [6, 6.07) is 0. The molecule has 0 aromatic rings. The van der Waals surface area contributed by atoms with E-state index < -0.39 is 0 Å². The summed E-state index contributed by atoms with van der Waals surface area (Å²) in [5.74, 6) is 0.225. The van der Waals surface area contributed by atoms with Gasteiger partial charge >= 0.3 is 0 Å². The lowest BCUT2D eigenvalue weighted by atomic mass is 10.2. The zero-order valence-electron chi connectivity index (χ0n) is 9.34. The highest BCUT2D eigenvalue weighted by atomic mass is 16.5. The van der Waals surface area contributed by atoms with Crippen molar-refractivity contribution in [3.05, 3.63) is 25.3 Å². The van der Waals surface area contributed by atoms with Crippen LogP contribution in [-0.2, 0) is 9.53 Å². The molecular weight excluding hydrogens is 190 g/mol. The van der Waals surface area contributed by atoms with Crippen LogP contribution in [0.1, 0.15) is 25.7 Å². The lowest BCUT2D eigenvalue weighted by Crippen LogP contribution is -2.21. The molecule has 1 N–H and O–H groups in total. The molecule has 0 aromatic heterocycles. The SMILES string of the molecule is C=CCOCC=C.O=C1CCCCCN1. The molecule has 0 spiro atoms. The maximum atomic E-state index is 10.6. The quantitative estimate of drug-likeness (QED) is 0.571. The van der Waals surface area contributed by atoms with Crippen LogP contribution in [0.3, 0.4) is 0 Å². The number of nitrogens with one attached hydrogen (secondary N) is 1. The van der Waals surface area contributed by atoms with Crippen molar-refractivity contribution < 1.29 is 9.53 Å². The van der Waals surface area contributed by atoms with Crippen molar-refractivity contribution in [1.82, 2.24) is 5.32 Å². The molecule has 1 rings (SSSR count). The van der Waals surface area contributed by atoms with Gasteiger partial charge in [-0.2, -0.15) is 0 Å². The molecule has 1 aliphatic rings. The van der Waals surface area contributed by atoms with Gasteiger partial charge in [0.05, 0.1) is 13.2 Å². The van der Waals surface area contributed by atoms with Crippen LogP contribution in [0.5, 0.6) is 0 Å². The van der Waals surface area contributed by atoms with E-state index in [0.29, 0.717) is 13.2 Å². The summed E-state index contributed by atoms with van der Waals surface area (Å²) in [6.07, 6.45) is 7.60. The monoisotopic (exact) mass is 211 g/mol. The Morgan fingerprint density at radius 2 is 1.87 bits per heavy atom. The van der Waals surface area contributed by atoms with Gasteiger partial charge < -0.3 is 10.1 Å². The van der Waals surface area contributed by atoms with E-state index in [1.807, 2.05) is 0 Å². The van der Waals surface area contributed by atoms with E-state index in [1.54, 1.807) is 12.2 Å². The van der Waals surface area contributed by atoms with E-state index in [9.17, 15) is 4.79 Å². The van der Waals surface area contributed by atoms with Crippen molar-refractivity contribution in [2.24, 2.45) is 0 Å². The van der Waals surface area contributed by atoms with Gasteiger partial charge in [-0.05, 0) is 12.8 Å². The fraction of sp³-hybridized carbons (Fsp3) is 0.583. The van der Waals surface area contributed by atoms with Gasteiger partial charge in [-0.15, -0.1) is 13.2 Å². The number of hydrogen-bond donors (Lipinski definition) is 1. The molecule has 0 bridgehead atoms. The van der Waals surface area contributed by atoms with Crippen molar-refractivity contribution >= 4 is 5.91 Å². The molecule has 0 unspecified atom stereocenters. The Morgan fingerprint density at radius 3 is 2.47 bits per heavy atom. The Labute approximate surface area is 92.2 Å². The Morgan fingerprint density at radius 1 is 1.20 bits per heavy atom. The van der Waals surface area contributed by atoms with Gasteiger partial charge in [0.25, 0.3) is 0 Å². The molecule has 0 aromatic carbocycles. The van der Waals surface area contributed by atoms with Gasteiger partial charge in [0, 0.05) is 13.0 Å². The number of carbonyl (C=O) groups is 1. The number of rotatable bonds is 4. The molecule has 0 atom stereocenters. The summed E-state index contributed by atoms with van der Waals surface area (Å²) in [7, 11) is 0. The highest BCUT2D eigenvalue weighted by Gasteiger charge is 2.03. The lowest BCUT2D eigenvalue weighted by Gasteiger charge is -1.93. The molecule has 1 saturated heterocycles. The Balaban J connectivity index is 0.000000265. The smallest absolute Gasteiger partial charge is 0.219 e. The first kappa shape index (κ1) is 13.9. The van der Waals surface area contributed by atoms with Gasteiger partial charge in [0.1, 0.15) is 0 Å². The fourth-order valence-electron chi connectivity index (χ4n) is 1.14. The summed E-state index contributed by atoms with van der Waals surface area (Å²) in [4.78, 5) is 10.6. The predicted octanol–water partition coefficient (Wildman–Crippen LogP) is 2.05. The third-order valence-electron chi connectivity index (χ3n) is 1.87. The minimum absolute atomic E-state index is 0.225. The van der Waals surface area contributed by atoms with Gasteiger partial charge in [-0.3, -0.25) is 4.79 Å². The second-order valence-corrected chi connectivity index (χ2v) is 3.28. The van der Waals surface area contributed by atoms with Crippen LogP contribution in [0.2, 0.25) is 0 Å². The topological polar surface area (TPSA) is 38.3 Å². The minimum Gasteiger partial charge on any atom is -0.373 e. The summed E-state index contributed by atoms with van der Waals surface area (Å²) >= 11 is 0. The van der Waals surface area contributed by atoms with Crippen molar-refractivity contribution in [1.29, 1.82) is 0 Å². The number of carbonyl (C=O) groups excluding carboxylic acids is 1. The summed E-state index contributed by atoms with van der Waals surface area (Å²) in [6.45, 7) is 9.07. The maximum Gasteiger partial charge on any atom is 0.219 e. The first-order chi connectivity index (χ1) is 7.31. The van der Waals surface area contributed by atoms with Crippen LogP contribution in [0.25, 0.3) is 0 Å². The third-order valence-corrected chi connectivity index (χ3v) is 1.87. The molecule has 86 valence electrons. The van der Waals surface area contributed by atoms with Crippen molar-refractivity contribution in [3.8, 4) is 0 Å². The van der Waals surface area contributed by atoms with E-state index in [2.05, 4.69) is 18.5 Å². The van der Waals surface area contributed by atoms with Gasteiger partial charge in [0.2, 0.25) is 5.91 Å². The van der Waals surface area contributed by atoms with Crippen LogP contribution in [-0.4, -0.2) is 25.7 Å². The second-order valence-electron chi connectivity index (χ2n) is 3.28. The summed E-state index contributed by atoms with van der Waals surface area (Å²) in [5.41, 5.74) is 0. The summed E-state index contributed by atoms with van der Waals surface area (Å²) < 4.78 is 4.90. The Kier molecular flexibility index (Phi) is 10.2. The molecule has 1 heterocycles. The molecule has 1 aliphatic heterocycles. The average molecular weight is 211 g/mol. The Hall–Kier alpha value is -1.09. The largest absolute Gasteiger partial charge is 0.373 e. The molecule has 3 heteroatoms. The zero-order chi connectivity index (χ0) is 11.4. The van der Waals surface area contributed by atoms with Gasteiger partial charge in [0.15, 0.2) is 0 Å². The third kappa shape index (κ3) is 10.8. The predicted molar refractivity (Wildman–Crippen MR) is 62.7 cm³/mol. The molecule has 15 heavy (non-hydrogen) atoms. The van der Waals surface area contributed by atoms with E-state index in [4.69, 9.17) is 4.74 Å². The van der Waals surface area contributed by atoms with Crippen LogP contribution in [0, 0.1) is 0 Å². The van der Waals surface area contributed by atoms with Crippen LogP contribution >= 0.6 is 0 Å². The standard InChI is InChI=1S/C6H11NO.C6H10O/c8-6-4-2-1-3-5-7-6;1-3-5-7-6-4-2/h1-5H2,(H,7,8);3-4H,1-2,5-6H2. The summed E-state index contributed by atoms with van der Waals surface area (Å²) in [5, 5.41) is 2.81. The van der Waals surface area contributed by atoms with Crippen molar-refractivity contribution in [2.75, 3.05) is 19.8 Å². The van der Waals surface area contributed by atoms with Gasteiger partial charge in [-0.1, -0.05) is 18.6 Å². The first-order valence-corrected chi connectivity index (χ1v) is 5.37. The molecule has 1 amide bonds. The molecular formula is C12H21NO2. The highest BCUT2D eigenvalue weighted by molar-refractivity contribution is 5.75. The molecule has 3 nitrogen and oxygen atoms in total. The highest BCUT2D eigenvalue weighted by Crippen LogP contribution is 2.02. The van der Waals surface area contributed by atoms with Crippen LogP contribution in [0.15, 0.2) is 25.3 Å². The number of hydrogen-bond acceptors (Lipinski definition) is 2. The molecule has 0 saturated carbocycles. The van der Waals surface area contributed by atoms with E-state index >= 15 is 0 Å². The normalized spacial score (nSPS) is 15.3. The number of amides is 1. The van der Waals surface area contributed by atoms with Crippen LogP contribution < -0.4 is 5.32 Å². The maximum absolute atomic E-state index is 10.6. The van der Waals surface area contributed by atoms with Crippen molar-refractivity contribution in [2.45, 2.75) is 25.7 Å². The minimum atomic E-state index is 0.225. The first-order valence-electron chi connectivity index (χ1n) is 5.37. The van der Waals surface area contributed by atoms with E-state index in [-0.39, 0.29) is 5.91 Å². The molecule has 0 aliphatic carbocycles. The van der Waals surface area contributed by atoms with E-state index in [1.165, 1.54) is 6.42 Å². The van der Waals surface area contributed by atoms with Crippen LogP contribution in [0.4, 0.5) is 0 Å². The van der Waals surface area contributed by atoms with Gasteiger partial charge in [-0.25, -0.2) is 0 Å².